The van der Waals surface area contributed by atoms with E-state index in [9.17, 15) is 36.8 Å². The van der Waals surface area contributed by atoms with Gasteiger partial charge < -0.3 is 39.4 Å². The topological polar surface area (TPSA) is 302 Å². The first-order valence-electron chi connectivity index (χ1n) is 34.3. The second-order valence-electron chi connectivity index (χ2n) is 26.3. The first-order valence-corrected chi connectivity index (χ1v) is 36.2. The highest BCUT2D eigenvalue weighted by Crippen LogP contribution is 2.37. The molecule has 536 valence electrons. The molecule has 4 amide bonds. The van der Waals surface area contributed by atoms with Gasteiger partial charge in [-0.3, -0.25) is 39.2 Å². The predicted octanol–water partition coefficient (Wildman–Crippen LogP) is 9.50. The summed E-state index contributed by atoms with van der Waals surface area (Å²) in [6, 6.07) is 42.2. The van der Waals surface area contributed by atoms with Crippen LogP contribution in [0.4, 0.5) is 15.8 Å². The van der Waals surface area contributed by atoms with Gasteiger partial charge in [0, 0.05) is 142 Å². The molecule has 25 nitrogen and oxygen atoms in total. The Balaban J connectivity index is 0.000000185. The number of hydrogen-bond acceptors (Lipinski definition) is 19. The summed E-state index contributed by atoms with van der Waals surface area (Å²) in [5.41, 5.74) is 9.00. The Bertz CT molecular complexity index is 4920. The fourth-order valence-electron chi connectivity index (χ4n) is 13.9. The number of esters is 1. The Morgan fingerprint density at radius 2 is 1.14 bits per heavy atom. The number of anilines is 2. The van der Waals surface area contributed by atoms with E-state index in [2.05, 4.69) is 81.3 Å². The van der Waals surface area contributed by atoms with Crippen molar-refractivity contribution < 1.29 is 55.7 Å². The molecule has 0 unspecified atom stereocenters. The van der Waals surface area contributed by atoms with Crippen LogP contribution in [0.15, 0.2) is 170 Å². The number of halogens is 1. The molecule has 4 aromatic heterocycles. The van der Waals surface area contributed by atoms with Crippen LogP contribution in [0.5, 0.6) is 5.75 Å². The average molecular weight is 1430 g/mol. The summed E-state index contributed by atoms with van der Waals surface area (Å²) in [7, 11) is 0.456. The lowest BCUT2D eigenvalue weighted by molar-refractivity contribution is -0.138. The molecule has 8 heterocycles. The van der Waals surface area contributed by atoms with Crippen molar-refractivity contribution in [3.8, 4) is 51.0 Å². The molecular formula is C77H79FN14O11S. The minimum atomic E-state index is -3.87. The molecule has 27 heteroatoms. The van der Waals surface area contributed by atoms with Crippen molar-refractivity contribution in [2.24, 2.45) is 0 Å². The molecule has 104 heavy (non-hydrogen) atoms. The highest BCUT2D eigenvalue weighted by Gasteiger charge is 2.53. The number of likely N-dealkylation sites (tertiary alicyclic amines) is 3. The molecule has 0 radical (unpaired) electrons. The van der Waals surface area contributed by atoms with Crippen molar-refractivity contribution in [2.75, 3.05) is 117 Å². The van der Waals surface area contributed by atoms with E-state index in [4.69, 9.17) is 18.9 Å². The number of carbonyl (C=O) groups is 5. The van der Waals surface area contributed by atoms with Crippen molar-refractivity contribution in [1.29, 1.82) is 0 Å². The maximum Gasteiger partial charge on any atom is 0.340 e. The molecule has 0 spiro atoms. The van der Waals surface area contributed by atoms with E-state index in [-0.39, 0.29) is 55.9 Å². The third-order valence-corrected chi connectivity index (χ3v) is 21.9. The number of aromatic amines is 2. The molecule has 4 aliphatic rings. The summed E-state index contributed by atoms with van der Waals surface area (Å²) >= 11 is 0. The molecule has 3 saturated heterocycles. The van der Waals surface area contributed by atoms with Crippen LogP contribution in [0.1, 0.15) is 59.5 Å². The molecule has 4 aliphatic heterocycles. The van der Waals surface area contributed by atoms with Gasteiger partial charge in [0.2, 0.25) is 17.7 Å². The van der Waals surface area contributed by atoms with Crippen molar-refractivity contribution in [1.82, 2.24) is 59.9 Å². The van der Waals surface area contributed by atoms with Gasteiger partial charge in [0.15, 0.2) is 31.8 Å². The molecule has 10 aromatic rings. The summed E-state index contributed by atoms with van der Waals surface area (Å²) in [4.78, 5) is 91.2. The zero-order chi connectivity index (χ0) is 72.5. The van der Waals surface area contributed by atoms with E-state index < -0.39 is 37.9 Å². The largest absolute Gasteiger partial charge is 0.491 e. The normalized spacial score (nSPS) is 18.0. The van der Waals surface area contributed by atoms with Crippen LogP contribution in [0, 0.1) is 5.82 Å². The van der Waals surface area contributed by atoms with Crippen LogP contribution < -0.4 is 15.4 Å². The maximum absolute atomic E-state index is 14.3. The molecule has 4 N–H and O–H groups in total. The van der Waals surface area contributed by atoms with Gasteiger partial charge in [0.1, 0.15) is 18.2 Å². The number of hydrogen-bond donors (Lipinski definition) is 4. The van der Waals surface area contributed by atoms with E-state index in [0.717, 1.165) is 57.8 Å². The Labute approximate surface area is 600 Å². The maximum atomic E-state index is 14.3. The third-order valence-electron chi connectivity index (χ3n) is 19.9. The van der Waals surface area contributed by atoms with Gasteiger partial charge in [-0.25, -0.2) is 37.5 Å². The minimum absolute atomic E-state index is 0.0278. The number of amides is 4. The Hall–Kier alpha value is -11.0. The fourth-order valence-corrected chi connectivity index (χ4v) is 15.2. The number of sulfone groups is 1. The second kappa shape index (κ2) is 31.3. The quantitative estimate of drug-likeness (QED) is 0.0384. The molecule has 0 bridgehead atoms. The van der Waals surface area contributed by atoms with Crippen LogP contribution in [-0.4, -0.2) is 215 Å². The number of methoxy groups -OCH3 is 3. The number of nitrogens with zero attached hydrogens (tertiary/aromatic N) is 10. The standard InChI is InChI=1S/C39H41N7O6S.C38H38FN7O5/c1-51-22-23-52-32-11-8-29(9-12-32)36-33-24-31(10-13-34(33)43-44-36)42-38(48)39(53(2,49)50)16-21-45(26-39)25-35(47)46-19-14-28(15-20-46)27-4-6-30(7-5-27)37-40-17-3-18-41-37;1-50-36(48)29-20-27(8-10-31(29)39)34-30-21-28(9-11-32(30)43-44-34)42-37(49)38(51-2)14-19-45(23-38)22-33(47)46-17-12-25(13-18-46)24-4-6-26(7-5-24)35-40-15-3-16-41-35/h3-14,17-18,24H,15-16,19-23,25-26H2,1-2H3,(H,42,48)(H,43,44);3-11,15-16,20-21,25H,12-14,17-19,22-23H2,1-2H3,(H,42,49)(H,43,44)/t39-;38-/m00/s1. The zero-order valence-electron chi connectivity index (χ0n) is 58.0. The molecule has 2 atom stereocenters. The van der Waals surface area contributed by atoms with Gasteiger partial charge in [-0.15, -0.1) is 0 Å². The predicted molar refractivity (Wildman–Crippen MR) is 391 cm³/mol. The number of fused-ring (bicyclic) bond motifs is 2. The summed E-state index contributed by atoms with van der Waals surface area (Å²) in [6.07, 6.45) is 13.0. The SMILES string of the molecule is COC(=O)c1cc(-c2n[nH]c3ccc(NC(=O)[C@]4(OC)CCN(CC(=O)N5CCC(c6ccc(-c7ncccn7)cc6)CC5)C4)cc23)ccc1F.COCCOc1ccc(-c2n[nH]c3ccc(NC(=O)[C@]4(S(C)(=O)=O)CCN(CC(=O)N5CC=C(c6ccc(-c7ncccn7)cc6)CC5)C4)cc23)cc1. The number of aromatic nitrogens is 8. The van der Waals surface area contributed by atoms with E-state index >= 15 is 0 Å². The summed E-state index contributed by atoms with van der Waals surface area (Å²) < 4.78 is 60.4. The summed E-state index contributed by atoms with van der Waals surface area (Å²) in [6.45, 7) is 4.56. The molecule has 14 rings (SSSR count). The van der Waals surface area contributed by atoms with Crippen molar-refractivity contribution >= 4 is 78.2 Å². The molecule has 3 fully saturated rings. The van der Waals surface area contributed by atoms with Crippen LogP contribution in [0.3, 0.4) is 0 Å². The number of benzene rings is 6. The Morgan fingerprint density at radius 3 is 1.72 bits per heavy atom. The van der Waals surface area contributed by atoms with Crippen LogP contribution >= 0.6 is 0 Å². The Morgan fingerprint density at radius 1 is 0.596 bits per heavy atom. The van der Waals surface area contributed by atoms with Crippen LogP contribution in [0.2, 0.25) is 0 Å². The number of ether oxygens (including phenoxy) is 4. The van der Waals surface area contributed by atoms with Crippen LogP contribution in [0.25, 0.3) is 72.7 Å². The van der Waals surface area contributed by atoms with Crippen LogP contribution in [-0.2, 0) is 43.2 Å². The highest BCUT2D eigenvalue weighted by molar-refractivity contribution is 7.93. The molecule has 0 aliphatic carbocycles. The first kappa shape index (κ1) is 71.4. The van der Waals surface area contributed by atoms with Crippen molar-refractivity contribution in [2.45, 2.75) is 48.4 Å². The summed E-state index contributed by atoms with van der Waals surface area (Å²) in [5, 5.41) is 22.1. The van der Waals surface area contributed by atoms with Crippen molar-refractivity contribution in [3.05, 3.63) is 193 Å². The fraction of sp³-hybridized carbons (Fsp3) is 0.312. The highest BCUT2D eigenvalue weighted by atomic mass is 32.2. The zero-order valence-corrected chi connectivity index (χ0v) is 58.8. The van der Waals surface area contributed by atoms with Gasteiger partial charge in [0.25, 0.3) is 5.91 Å². The molecule has 0 saturated carbocycles. The van der Waals surface area contributed by atoms with Gasteiger partial charge in [-0.2, -0.15) is 10.2 Å². The van der Waals surface area contributed by atoms with Gasteiger partial charge in [-0.1, -0.05) is 54.6 Å². The van der Waals surface area contributed by atoms with Crippen molar-refractivity contribution in [3.63, 3.8) is 0 Å². The van der Waals surface area contributed by atoms with E-state index in [1.54, 1.807) is 90.2 Å². The summed E-state index contributed by atoms with van der Waals surface area (Å²) in [5.74, 6) is -0.0251. The number of carbonyl (C=O) groups excluding carboxylic acids is 5. The third kappa shape index (κ3) is 15.7. The number of H-pyrrole nitrogens is 2. The van der Waals surface area contributed by atoms with Gasteiger partial charge >= 0.3 is 5.97 Å². The van der Waals surface area contributed by atoms with E-state index in [1.807, 2.05) is 58.3 Å². The van der Waals surface area contributed by atoms with Gasteiger partial charge in [0.05, 0.1) is 54.8 Å². The monoisotopic (exact) mass is 1430 g/mol. The number of piperidine rings is 1. The van der Waals surface area contributed by atoms with Gasteiger partial charge in [-0.05, 0) is 146 Å². The lowest BCUT2D eigenvalue weighted by atomic mass is 9.89. The number of rotatable bonds is 21. The average Bonchev–Trinajstić information content (AvgIpc) is 1.52. The Kier molecular flexibility index (Phi) is 21.5. The lowest BCUT2D eigenvalue weighted by Gasteiger charge is -2.33. The number of nitrogens with one attached hydrogen (secondary N) is 4. The minimum Gasteiger partial charge on any atom is -0.491 e. The lowest BCUT2D eigenvalue weighted by Crippen LogP contribution is -2.52. The molecular weight excluding hydrogens is 1350 g/mol. The van der Waals surface area contributed by atoms with E-state index in [0.29, 0.717) is 128 Å². The first-order chi connectivity index (χ1) is 50.4. The smallest absolute Gasteiger partial charge is 0.340 e. The molecule has 6 aromatic carbocycles. The van der Waals surface area contributed by atoms with E-state index in [1.165, 1.54) is 38.0 Å². The second-order valence-corrected chi connectivity index (χ2v) is 28.7.